The quantitative estimate of drug-likeness (QED) is 0.0153. The molecule has 14 amide bonds. The van der Waals surface area contributed by atoms with E-state index in [1.54, 1.807) is 27.0 Å². The second-order valence-corrected chi connectivity index (χ2v) is 25.7. The molecule has 14 atom stereocenters. The van der Waals surface area contributed by atoms with Crippen LogP contribution in [0.15, 0.2) is 4.99 Å². The number of primary amides is 2. The van der Waals surface area contributed by atoms with Gasteiger partial charge in [0.1, 0.15) is 66.5 Å². The Morgan fingerprint density at radius 1 is 0.515 bits per heavy atom. The average molecular weight is 1430 g/mol. The maximum Gasteiger partial charge on any atom is 0.326 e. The molecule has 0 saturated carbocycles. The van der Waals surface area contributed by atoms with E-state index in [2.05, 4.69) is 58.2 Å². The summed E-state index contributed by atoms with van der Waals surface area (Å²) >= 11 is 1.29. The van der Waals surface area contributed by atoms with Crippen LogP contribution in [-0.4, -0.2) is 242 Å². The summed E-state index contributed by atoms with van der Waals surface area (Å²) in [6.45, 7) is 10.3. The summed E-state index contributed by atoms with van der Waals surface area (Å²) in [6.07, 6.45) is -0.687. The van der Waals surface area contributed by atoms with Crippen LogP contribution < -0.4 is 81.8 Å². The molecule has 2 saturated heterocycles. The number of carbonyl (C=O) groups is 17. The fourth-order valence-corrected chi connectivity index (χ4v) is 11.0. The first-order valence-electron chi connectivity index (χ1n) is 32.5. The molecule has 2 rings (SSSR count). The number of nitrogens with zero attached hydrogens (tertiary/aromatic N) is 3. The maximum atomic E-state index is 14.3. The highest BCUT2D eigenvalue weighted by Crippen LogP contribution is 2.23. The minimum atomic E-state index is -1.95. The van der Waals surface area contributed by atoms with E-state index in [-0.39, 0.29) is 69.4 Å². The van der Waals surface area contributed by atoms with E-state index in [1.807, 2.05) is 6.92 Å². The number of thioether (sulfide) groups is 1. The standard InChI is InChI=1S/C60H100N18O20S/c1-9-29(5)45(63)58(96)78-22-13-15-38(78)54(92)71-32(14-11-20-66-60(64)65)51(89)73-35(24-40(61)79)52(90)70-33(17-18-43(82)83)50(88)68-31(7)48(86)72-37(26-44(84)85)49(87)67-27-42(81)69-34(19-23-99-8)57(95)77-21-12-16-39(77)55(93)76-47(30(6)10-2)56(94)74-36(25-41(62)80)53(91)75-46(28(3)4)59(97)98/h28-39,45-47H,9-27,63H2,1-8H3,(H2,61,79)(H2,62,80)(H,67,87)(H,68,88)(H,69,81)(H,70,90)(H,71,92)(H,72,86)(H,73,89)(H,74,94)(H,75,91)(H,76,93)(H,82,83)(H,84,85)(H,97,98)(H4,64,65,66)/t29-,30-,31-,32-,33-,34-,35-,36-,37-,38-,39-,45-,46-,47-/m0/s1. The SMILES string of the molecule is CC[C@H](C)[C@H](N)C(=O)N1CCC[C@H]1C(=O)N[C@@H](CCCN=C(N)N)C(=O)N[C@@H](CC(N)=O)C(=O)N[C@@H](CCC(=O)O)C(=O)N[C@@H](C)C(=O)N[C@@H](CC(=O)O)C(=O)NCC(=O)N[C@@H](CCSC)C(=O)N1CCC[C@H]1C(=O)N[C@H](C(=O)N[C@@H](CC(N)=O)C(=O)N[C@H](C(=O)O)C(C)C)[C@@H](C)CC. The van der Waals surface area contributed by atoms with Crippen LogP contribution >= 0.6 is 11.8 Å². The Kier molecular flexibility index (Phi) is 36.7. The number of hydrogen-bond donors (Lipinski definition) is 18. The number of aliphatic carboxylic acids is 3. The smallest absolute Gasteiger partial charge is 0.326 e. The molecular formula is C60H100N18O20S. The number of guanidine groups is 1. The molecule has 0 radical (unpaired) electrons. The van der Waals surface area contributed by atoms with Crippen LogP contribution in [-0.2, 0) is 81.5 Å². The van der Waals surface area contributed by atoms with E-state index >= 15 is 0 Å². The number of carbonyl (C=O) groups excluding carboxylic acids is 14. The number of carboxylic acid groups (broad SMARTS) is 3. The maximum absolute atomic E-state index is 14.3. The van der Waals surface area contributed by atoms with Crippen molar-refractivity contribution >= 4 is 118 Å². The van der Waals surface area contributed by atoms with Gasteiger partial charge in [-0.3, -0.25) is 81.7 Å². The van der Waals surface area contributed by atoms with Crippen LogP contribution in [0.5, 0.6) is 0 Å². The molecule has 0 aromatic carbocycles. The van der Waals surface area contributed by atoms with Crippen LogP contribution in [0.4, 0.5) is 0 Å². The Balaban J connectivity index is 2.29. The summed E-state index contributed by atoms with van der Waals surface area (Å²) < 4.78 is 0. The molecule has 23 N–H and O–H groups in total. The average Bonchev–Trinajstić information content (AvgIpc) is 1.78. The molecule has 39 heteroatoms. The molecule has 2 heterocycles. The third kappa shape index (κ3) is 28.9. The van der Waals surface area contributed by atoms with Gasteiger partial charge in [0, 0.05) is 26.1 Å². The summed E-state index contributed by atoms with van der Waals surface area (Å²) in [7, 11) is 0. The minimum absolute atomic E-state index is 0.0103. The molecule has 2 aliphatic heterocycles. The van der Waals surface area contributed by atoms with Crippen LogP contribution in [0.25, 0.3) is 0 Å². The minimum Gasteiger partial charge on any atom is -0.481 e. The predicted octanol–water partition coefficient (Wildman–Crippen LogP) is -6.48. The van der Waals surface area contributed by atoms with Gasteiger partial charge < -0.3 is 107 Å². The lowest BCUT2D eigenvalue weighted by Gasteiger charge is -2.31. The number of nitrogens with one attached hydrogen (secondary N) is 10. The Morgan fingerprint density at radius 2 is 1.00 bits per heavy atom. The molecule has 99 heavy (non-hydrogen) atoms. The predicted molar refractivity (Wildman–Crippen MR) is 355 cm³/mol. The molecule has 38 nitrogen and oxygen atoms in total. The monoisotopic (exact) mass is 1420 g/mol. The molecule has 2 fully saturated rings. The van der Waals surface area contributed by atoms with E-state index in [1.165, 1.54) is 35.4 Å². The van der Waals surface area contributed by atoms with Gasteiger partial charge in [0.05, 0.1) is 31.8 Å². The first-order chi connectivity index (χ1) is 46.4. The lowest BCUT2D eigenvalue weighted by Crippen LogP contribution is -2.60. The number of amides is 14. The topological polar surface area (TPSA) is 620 Å². The zero-order valence-corrected chi connectivity index (χ0v) is 57.8. The van der Waals surface area contributed by atoms with Crippen LogP contribution in [0.2, 0.25) is 0 Å². The van der Waals surface area contributed by atoms with E-state index in [4.69, 9.17) is 28.7 Å². The van der Waals surface area contributed by atoms with Gasteiger partial charge in [-0.2, -0.15) is 11.8 Å². The lowest BCUT2D eigenvalue weighted by molar-refractivity contribution is -0.144. The van der Waals surface area contributed by atoms with Gasteiger partial charge in [-0.05, 0) is 88.1 Å². The first-order valence-corrected chi connectivity index (χ1v) is 33.9. The van der Waals surface area contributed by atoms with Gasteiger partial charge in [-0.1, -0.05) is 54.4 Å². The van der Waals surface area contributed by atoms with Crippen molar-refractivity contribution in [3.8, 4) is 0 Å². The van der Waals surface area contributed by atoms with Gasteiger partial charge in [-0.25, -0.2) is 4.79 Å². The van der Waals surface area contributed by atoms with Crippen molar-refractivity contribution in [3.05, 3.63) is 0 Å². The van der Waals surface area contributed by atoms with E-state index in [9.17, 15) is 96.8 Å². The van der Waals surface area contributed by atoms with E-state index < -0.39 is 224 Å². The zero-order chi connectivity index (χ0) is 75.1. The van der Waals surface area contributed by atoms with Crippen molar-refractivity contribution in [3.63, 3.8) is 0 Å². The van der Waals surface area contributed by atoms with Gasteiger partial charge >= 0.3 is 17.9 Å². The number of aliphatic imine (C=N–C) groups is 1. The van der Waals surface area contributed by atoms with Crippen LogP contribution in [0, 0.1) is 17.8 Å². The normalized spacial score (nSPS) is 17.8. The van der Waals surface area contributed by atoms with Crippen molar-refractivity contribution in [1.29, 1.82) is 0 Å². The fraction of sp³-hybridized carbons (Fsp3) is 0.700. The molecule has 0 bridgehead atoms. The molecule has 2 aliphatic rings. The van der Waals surface area contributed by atoms with Crippen molar-refractivity contribution in [2.75, 3.05) is 38.2 Å². The van der Waals surface area contributed by atoms with Crippen LogP contribution in [0.3, 0.4) is 0 Å². The summed E-state index contributed by atoms with van der Waals surface area (Å²) in [5.41, 5.74) is 27.9. The van der Waals surface area contributed by atoms with Gasteiger partial charge in [0.15, 0.2) is 5.96 Å². The van der Waals surface area contributed by atoms with Gasteiger partial charge in [0.2, 0.25) is 82.7 Å². The van der Waals surface area contributed by atoms with Gasteiger partial charge in [0.25, 0.3) is 0 Å². The Morgan fingerprint density at radius 3 is 1.51 bits per heavy atom. The second-order valence-electron chi connectivity index (χ2n) is 24.7. The third-order valence-electron chi connectivity index (χ3n) is 16.6. The largest absolute Gasteiger partial charge is 0.481 e. The molecular weight excluding hydrogens is 1320 g/mol. The summed E-state index contributed by atoms with van der Waals surface area (Å²) in [5.74, 6) is -19.8. The highest BCUT2D eigenvalue weighted by atomic mass is 32.2. The van der Waals surface area contributed by atoms with Gasteiger partial charge in [-0.15, -0.1) is 0 Å². The summed E-state index contributed by atoms with van der Waals surface area (Å²) in [5, 5.41) is 52.4. The number of rotatable bonds is 44. The number of hydrogen-bond acceptors (Lipinski definition) is 20. The summed E-state index contributed by atoms with van der Waals surface area (Å²) in [6, 6.07) is -17.7. The Bertz CT molecular complexity index is 2950. The molecule has 0 spiro atoms. The Labute approximate surface area is 576 Å². The summed E-state index contributed by atoms with van der Waals surface area (Å²) in [4.78, 5) is 232. The number of likely N-dealkylation sites (tertiary alicyclic amines) is 2. The molecule has 0 aliphatic carbocycles. The Hall–Kier alpha value is -9.43. The second kappa shape index (κ2) is 42.4. The van der Waals surface area contributed by atoms with Crippen molar-refractivity contribution in [2.24, 2.45) is 51.4 Å². The lowest BCUT2D eigenvalue weighted by atomic mass is 9.97. The van der Waals surface area contributed by atoms with E-state index in [0.717, 1.165) is 6.92 Å². The molecule has 556 valence electrons. The van der Waals surface area contributed by atoms with E-state index in [0.29, 0.717) is 25.7 Å². The molecule has 0 unspecified atom stereocenters. The molecule has 0 aromatic heterocycles. The fourth-order valence-electron chi connectivity index (χ4n) is 10.5. The zero-order valence-electron chi connectivity index (χ0n) is 57.0. The van der Waals surface area contributed by atoms with Crippen molar-refractivity contribution in [2.45, 2.75) is 211 Å². The number of carboxylic acids is 3. The molecule has 0 aromatic rings. The van der Waals surface area contributed by atoms with Crippen molar-refractivity contribution in [1.82, 2.24) is 63.0 Å². The highest BCUT2D eigenvalue weighted by molar-refractivity contribution is 7.98. The third-order valence-corrected chi connectivity index (χ3v) is 17.3. The van der Waals surface area contributed by atoms with Crippen molar-refractivity contribution < 1.29 is 96.8 Å². The van der Waals surface area contributed by atoms with Crippen LogP contribution in [0.1, 0.15) is 138 Å². The number of nitrogens with two attached hydrogens (primary N) is 5. The highest BCUT2D eigenvalue weighted by Gasteiger charge is 2.43. The first kappa shape index (κ1) is 85.7.